The lowest BCUT2D eigenvalue weighted by Gasteiger charge is -2.20. The largest absolute Gasteiger partial charge is 0.347 e. The molecule has 1 amide bonds. The highest BCUT2D eigenvalue weighted by Crippen LogP contribution is 2.15. The number of amides is 1. The van der Waals surface area contributed by atoms with Gasteiger partial charge in [0.1, 0.15) is 0 Å². The van der Waals surface area contributed by atoms with E-state index in [4.69, 9.17) is 0 Å². The summed E-state index contributed by atoms with van der Waals surface area (Å²) in [7, 11) is 1.87. The molecule has 0 aliphatic heterocycles. The van der Waals surface area contributed by atoms with Gasteiger partial charge in [-0.25, -0.2) is 0 Å². The lowest BCUT2D eigenvalue weighted by atomic mass is 10.1. The maximum absolute atomic E-state index is 12.0. The van der Waals surface area contributed by atoms with E-state index in [0.717, 1.165) is 10.9 Å². The monoisotopic (exact) mass is 231 g/mol. The van der Waals surface area contributed by atoms with Gasteiger partial charge in [-0.3, -0.25) is 9.48 Å². The van der Waals surface area contributed by atoms with Crippen molar-refractivity contribution in [3.63, 3.8) is 0 Å². The SMILES string of the molecule is Cn1ncc2ccc(C(=O)NC(C)(C)C)cc21. The van der Waals surface area contributed by atoms with Gasteiger partial charge < -0.3 is 5.32 Å². The van der Waals surface area contributed by atoms with Crippen LogP contribution in [0.15, 0.2) is 24.4 Å². The molecule has 17 heavy (non-hydrogen) atoms. The first-order valence-corrected chi connectivity index (χ1v) is 5.61. The van der Waals surface area contributed by atoms with Crippen molar-refractivity contribution in [2.24, 2.45) is 7.05 Å². The zero-order chi connectivity index (χ0) is 12.6. The summed E-state index contributed by atoms with van der Waals surface area (Å²) >= 11 is 0. The topological polar surface area (TPSA) is 46.9 Å². The van der Waals surface area contributed by atoms with Gasteiger partial charge in [0.25, 0.3) is 5.91 Å². The molecule has 4 nitrogen and oxygen atoms in total. The van der Waals surface area contributed by atoms with E-state index in [-0.39, 0.29) is 11.4 Å². The van der Waals surface area contributed by atoms with Crippen molar-refractivity contribution < 1.29 is 4.79 Å². The van der Waals surface area contributed by atoms with Gasteiger partial charge in [-0.1, -0.05) is 6.07 Å². The van der Waals surface area contributed by atoms with Crippen molar-refractivity contribution in [2.45, 2.75) is 26.3 Å². The van der Waals surface area contributed by atoms with E-state index in [1.807, 2.05) is 46.0 Å². The summed E-state index contributed by atoms with van der Waals surface area (Å²) in [6.07, 6.45) is 1.79. The number of nitrogens with one attached hydrogen (secondary N) is 1. The van der Waals surface area contributed by atoms with Crippen molar-refractivity contribution in [2.75, 3.05) is 0 Å². The number of hydrogen-bond donors (Lipinski definition) is 1. The van der Waals surface area contributed by atoms with Crippen molar-refractivity contribution in [3.8, 4) is 0 Å². The standard InChI is InChI=1S/C13H17N3O/c1-13(2,3)15-12(17)9-5-6-10-8-14-16(4)11(10)7-9/h5-8H,1-4H3,(H,15,17). The lowest BCUT2D eigenvalue weighted by Crippen LogP contribution is -2.40. The fraction of sp³-hybridized carbons (Fsp3) is 0.385. The van der Waals surface area contributed by atoms with E-state index in [9.17, 15) is 4.79 Å². The van der Waals surface area contributed by atoms with Crippen LogP contribution in [0, 0.1) is 0 Å². The second-order valence-electron chi connectivity index (χ2n) is 5.25. The minimum atomic E-state index is -0.224. The van der Waals surface area contributed by atoms with E-state index in [1.54, 1.807) is 10.9 Å². The third-order valence-corrected chi connectivity index (χ3v) is 2.50. The number of hydrogen-bond acceptors (Lipinski definition) is 2. The first-order valence-electron chi connectivity index (χ1n) is 5.61. The van der Waals surface area contributed by atoms with Gasteiger partial charge in [0, 0.05) is 23.5 Å². The van der Waals surface area contributed by atoms with Gasteiger partial charge in [-0.2, -0.15) is 5.10 Å². The Bertz CT molecular complexity index is 564. The minimum Gasteiger partial charge on any atom is -0.347 e. The van der Waals surface area contributed by atoms with Gasteiger partial charge in [0.15, 0.2) is 0 Å². The number of aromatic nitrogens is 2. The quantitative estimate of drug-likeness (QED) is 0.817. The predicted molar refractivity (Wildman–Crippen MR) is 67.9 cm³/mol. The molecule has 0 unspecified atom stereocenters. The zero-order valence-electron chi connectivity index (χ0n) is 10.6. The van der Waals surface area contributed by atoms with Crippen molar-refractivity contribution in [1.82, 2.24) is 15.1 Å². The molecule has 0 bridgehead atoms. The van der Waals surface area contributed by atoms with Gasteiger partial charge in [-0.05, 0) is 32.9 Å². The number of nitrogens with zero attached hydrogens (tertiary/aromatic N) is 2. The van der Waals surface area contributed by atoms with Crippen LogP contribution >= 0.6 is 0 Å². The first kappa shape index (κ1) is 11.6. The van der Waals surface area contributed by atoms with Gasteiger partial charge in [-0.15, -0.1) is 0 Å². The van der Waals surface area contributed by atoms with Crippen LogP contribution in [0.1, 0.15) is 31.1 Å². The molecular weight excluding hydrogens is 214 g/mol. The second kappa shape index (κ2) is 3.87. The molecule has 0 saturated carbocycles. The zero-order valence-corrected chi connectivity index (χ0v) is 10.6. The summed E-state index contributed by atoms with van der Waals surface area (Å²) in [6, 6.07) is 5.61. The molecule has 0 saturated heterocycles. The Morgan fingerprint density at radius 2 is 2.06 bits per heavy atom. The number of aryl methyl sites for hydroxylation is 1. The normalized spacial score (nSPS) is 11.8. The molecule has 2 aromatic rings. The summed E-state index contributed by atoms with van der Waals surface area (Å²) in [4.78, 5) is 12.0. The Kier molecular flexibility index (Phi) is 2.65. The Morgan fingerprint density at radius 1 is 1.35 bits per heavy atom. The highest BCUT2D eigenvalue weighted by atomic mass is 16.1. The fourth-order valence-corrected chi connectivity index (χ4v) is 1.70. The van der Waals surface area contributed by atoms with Crippen LogP contribution in [-0.4, -0.2) is 21.2 Å². The maximum atomic E-state index is 12.0. The molecule has 0 atom stereocenters. The van der Waals surface area contributed by atoms with Gasteiger partial charge in [0.2, 0.25) is 0 Å². The first-order chi connectivity index (χ1) is 7.87. The van der Waals surface area contributed by atoms with Crippen LogP contribution in [0.4, 0.5) is 0 Å². The van der Waals surface area contributed by atoms with Crippen molar-refractivity contribution in [3.05, 3.63) is 30.0 Å². The Hall–Kier alpha value is -1.84. The van der Waals surface area contributed by atoms with Crippen molar-refractivity contribution >= 4 is 16.8 Å². The number of fused-ring (bicyclic) bond motifs is 1. The van der Waals surface area contributed by atoms with E-state index >= 15 is 0 Å². The molecule has 0 spiro atoms. The lowest BCUT2D eigenvalue weighted by molar-refractivity contribution is 0.0919. The van der Waals surface area contributed by atoms with E-state index in [0.29, 0.717) is 5.56 Å². The molecule has 0 fully saturated rings. The maximum Gasteiger partial charge on any atom is 0.251 e. The molecule has 1 N–H and O–H groups in total. The molecule has 0 aliphatic carbocycles. The van der Waals surface area contributed by atoms with Crippen molar-refractivity contribution in [1.29, 1.82) is 0 Å². The molecule has 2 rings (SSSR count). The number of carbonyl (C=O) groups is 1. The summed E-state index contributed by atoms with van der Waals surface area (Å²) in [6.45, 7) is 5.90. The summed E-state index contributed by atoms with van der Waals surface area (Å²) < 4.78 is 1.77. The van der Waals surface area contributed by atoms with E-state index in [2.05, 4.69) is 10.4 Å². The molecule has 90 valence electrons. The molecule has 0 aliphatic rings. The number of carbonyl (C=O) groups excluding carboxylic acids is 1. The van der Waals surface area contributed by atoms with E-state index in [1.165, 1.54) is 0 Å². The Morgan fingerprint density at radius 3 is 2.71 bits per heavy atom. The predicted octanol–water partition coefficient (Wildman–Crippen LogP) is 2.10. The number of rotatable bonds is 1. The average Bonchev–Trinajstić information content (AvgIpc) is 2.57. The van der Waals surface area contributed by atoms with Gasteiger partial charge >= 0.3 is 0 Å². The Labute approximate surface area is 101 Å². The Balaban J connectivity index is 2.36. The molecule has 0 radical (unpaired) electrons. The molecule has 1 aromatic heterocycles. The van der Waals surface area contributed by atoms with Gasteiger partial charge in [0.05, 0.1) is 11.7 Å². The summed E-state index contributed by atoms with van der Waals surface area (Å²) in [5, 5.41) is 8.14. The fourth-order valence-electron chi connectivity index (χ4n) is 1.70. The smallest absolute Gasteiger partial charge is 0.251 e. The second-order valence-corrected chi connectivity index (χ2v) is 5.25. The number of benzene rings is 1. The van der Waals surface area contributed by atoms with Crippen LogP contribution in [0.2, 0.25) is 0 Å². The molecule has 4 heteroatoms. The summed E-state index contributed by atoms with van der Waals surface area (Å²) in [5.74, 6) is -0.0550. The molecule has 1 heterocycles. The average molecular weight is 231 g/mol. The third kappa shape index (κ3) is 2.46. The third-order valence-electron chi connectivity index (χ3n) is 2.50. The highest BCUT2D eigenvalue weighted by Gasteiger charge is 2.15. The van der Waals surface area contributed by atoms with Crippen LogP contribution in [0.3, 0.4) is 0 Å². The minimum absolute atomic E-state index is 0.0550. The van der Waals surface area contributed by atoms with E-state index < -0.39 is 0 Å². The van der Waals surface area contributed by atoms with Crippen LogP contribution < -0.4 is 5.32 Å². The van der Waals surface area contributed by atoms with Crippen LogP contribution in [-0.2, 0) is 7.05 Å². The van der Waals surface area contributed by atoms with Crippen LogP contribution in [0.5, 0.6) is 0 Å². The highest BCUT2D eigenvalue weighted by molar-refractivity contribution is 5.98. The molecular formula is C13H17N3O. The summed E-state index contributed by atoms with van der Waals surface area (Å²) in [5.41, 5.74) is 1.40. The van der Waals surface area contributed by atoms with Crippen LogP contribution in [0.25, 0.3) is 10.9 Å². The molecule has 1 aromatic carbocycles.